The van der Waals surface area contributed by atoms with Crippen molar-refractivity contribution in [3.05, 3.63) is 0 Å². The number of rotatable bonds is 4. The van der Waals surface area contributed by atoms with Gasteiger partial charge in [0.05, 0.1) is 12.2 Å². The fourth-order valence-electron chi connectivity index (χ4n) is 6.59. The molecule has 0 radical (unpaired) electrons. The molecule has 0 N–H and O–H groups in total. The van der Waals surface area contributed by atoms with Gasteiger partial charge in [0.15, 0.2) is 0 Å². The van der Waals surface area contributed by atoms with Gasteiger partial charge in [-0.05, 0) is 56.8 Å². The third-order valence-electron chi connectivity index (χ3n) is 8.63. The molecule has 2 aliphatic heterocycles. The van der Waals surface area contributed by atoms with Crippen LogP contribution in [0.1, 0.15) is 79.1 Å². The average molecular weight is 419 g/mol. The molecule has 2 heterocycles. The van der Waals surface area contributed by atoms with Crippen molar-refractivity contribution in [2.45, 2.75) is 90.7 Å². The van der Waals surface area contributed by atoms with Crippen molar-refractivity contribution >= 4 is 11.7 Å². The SMILES string of the molecule is CC(C)C(=O)N1CCOC2(CCN([C@H]3CC4(CC[C@H](C(=O)C(C)C)CC4)C3)CC2)C1. The Morgan fingerprint density at radius 2 is 1.53 bits per heavy atom. The Labute approximate surface area is 182 Å². The second kappa shape index (κ2) is 8.54. The van der Waals surface area contributed by atoms with E-state index in [1.165, 1.54) is 25.7 Å². The van der Waals surface area contributed by atoms with Crippen LogP contribution in [0.5, 0.6) is 0 Å². The van der Waals surface area contributed by atoms with Gasteiger partial charge in [-0.3, -0.25) is 9.59 Å². The summed E-state index contributed by atoms with van der Waals surface area (Å²) in [5.41, 5.74) is 0.408. The zero-order chi connectivity index (χ0) is 21.5. The fraction of sp³-hybridized carbons (Fsp3) is 0.920. The van der Waals surface area contributed by atoms with Crippen LogP contribution in [0.25, 0.3) is 0 Å². The van der Waals surface area contributed by atoms with E-state index >= 15 is 0 Å². The Morgan fingerprint density at radius 3 is 2.10 bits per heavy atom. The molecule has 0 aromatic rings. The second-order valence-corrected chi connectivity index (χ2v) is 11.4. The summed E-state index contributed by atoms with van der Waals surface area (Å²) >= 11 is 0. The first-order valence-corrected chi connectivity index (χ1v) is 12.4. The number of nitrogens with zero attached hydrogens (tertiary/aromatic N) is 2. The van der Waals surface area contributed by atoms with Crippen LogP contribution in [0.15, 0.2) is 0 Å². The molecule has 1 amide bonds. The first kappa shape index (κ1) is 22.3. The monoisotopic (exact) mass is 418 g/mol. The Balaban J connectivity index is 1.24. The van der Waals surface area contributed by atoms with E-state index < -0.39 is 0 Å². The highest BCUT2D eigenvalue weighted by atomic mass is 16.5. The van der Waals surface area contributed by atoms with Gasteiger partial charge in [0, 0.05) is 50.0 Å². The zero-order valence-corrected chi connectivity index (χ0v) is 19.6. The number of hydrogen-bond acceptors (Lipinski definition) is 4. The van der Waals surface area contributed by atoms with E-state index in [1.54, 1.807) is 0 Å². The maximum absolute atomic E-state index is 12.5. The molecule has 0 unspecified atom stereocenters. The van der Waals surface area contributed by atoms with Crippen LogP contribution in [0.4, 0.5) is 0 Å². The van der Waals surface area contributed by atoms with Crippen LogP contribution < -0.4 is 0 Å². The van der Waals surface area contributed by atoms with Gasteiger partial charge < -0.3 is 14.5 Å². The van der Waals surface area contributed by atoms with Gasteiger partial charge in [-0.2, -0.15) is 0 Å². The third-order valence-corrected chi connectivity index (χ3v) is 8.63. The lowest BCUT2D eigenvalue weighted by Gasteiger charge is -2.57. The molecule has 4 fully saturated rings. The van der Waals surface area contributed by atoms with Crippen molar-refractivity contribution in [1.82, 2.24) is 9.80 Å². The van der Waals surface area contributed by atoms with Crippen LogP contribution in [0.2, 0.25) is 0 Å². The summed E-state index contributed by atoms with van der Waals surface area (Å²) in [6.45, 7) is 12.5. The van der Waals surface area contributed by atoms with E-state index in [2.05, 4.69) is 4.90 Å². The molecular formula is C25H42N2O3. The maximum Gasteiger partial charge on any atom is 0.225 e. The third kappa shape index (κ3) is 4.34. The first-order valence-electron chi connectivity index (χ1n) is 12.4. The summed E-state index contributed by atoms with van der Waals surface area (Å²) < 4.78 is 6.26. The minimum absolute atomic E-state index is 0.0670. The van der Waals surface area contributed by atoms with Crippen LogP contribution in [-0.4, -0.2) is 65.9 Å². The second-order valence-electron chi connectivity index (χ2n) is 11.4. The van der Waals surface area contributed by atoms with Gasteiger partial charge in [0.25, 0.3) is 0 Å². The number of ketones is 1. The lowest BCUT2D eigenvalue weighted by Crippen LogP contribution is -2.61. The molecule has 2 aliphatic carbocycles. The van der Waals surface area contributed by atoms with Gasteiger partial charge in [-0.1, -0.05) is 27.7 Å². The van der Waals surface area contributed by atoms with Gasteiger partial charge in [0.2, 0.25) is 5.91 Å². The molecule has 0 aromatic heterocycles. The summed E-state index contributed by atoms with van der Waals surface area (Å²) in [5, 5.41) is 0. The predicted octanol–water partition coefficient (Wildman–Crippen LogP) is 3.90. The van der Waals surface area contributed by atoms with Gasteiger partial charge in [-0.15, -0.1) is 0 Å². The standard InChI is InChI=1S/C25H42N2O3/c1-18(2)22(28)20-5-7-24(8-6-20)15-21(16-24)26-11-9-25(10-12-26)17-27(13-14-30-25)23(29)19(3)4/h18-21H,5-17H2,1-4H3/t20-,21-,24?. The van der Waals surface area contributed by atoms with Gasteiger partial charge in [-0.25, -0.2) is 0 Å². The van der Waals surface area contributed by atoms with Crippen molar-refractivity contribution in [1.29, 1.82) is 0 Å². The lowest BCUT2D eigenvalue weighted by molar-refractivity contribution is -0.166. The topological polar surface area (TPSA) is 49.9 Å². The molecule has 0 aromatic carbocycles. The molecule has 30 heavy (non-hydrogen) atoms. The summed E-state index contributed by atoms with van der Waals surface area (Å²) in [4.78, 5) is 29.5. The minimum atomic E-state index is -0.115. The number of Topliss-reactive ketones (excluding diaryl/α,β-unsaturated/α-hetero) is 1. The van der Waals surface area contributed by atoms with Crippen molar-refractivity contribution < 1.29 is 14.3 Å². The fourth-order valence-corrected chi connectivity index (χ4v) is 6.59. The van der Waals surface area contributed by atoms with Crippen LogP contribution in [-0.2, 0) is 14.3 Å². The average Bonchev–Trinajstić information content (AvgIpc) is 2.72. The van der Waals surface area contributed by atoms with E-state index in [4.69, 9.17) is 4.74 Å². The number of hydrogen-bond donors (Lipinski definition) is 0. The summed E-state index contributed by atoms with van der Waals surface area (Å²) in [6, 6.07) is 0.719. The molecular weight excluding hydrogens is 376 g/mol. The van der Waals surface area contributed by atoms with Crippen molar-refractivity contribution in [3.63, 3.8) is 0 Å². The molecule has 2 saturated carbocycles. The molecule has 2 spiro atoms. The Kier molecular flexibility index (Phi) is 6.33. The van der Waals surface area contributed by atoms with E-state index in [1.807, 2.05) is 32.6 Å². The van der Waals surface area contributed by atoms with E-state index in [9.17, 15) is 9.59 Å². The molecule has 5 nitrogen and oxygen atoms in total. The normalized spacial score (nSPS) is 34.5. The Hall–Kier alpha value is -0.940. The smallest absolute Gasteiger partial charge is 0.225 e. The number of ether oxygens (including phenoxy) is 1. The van der Waals surface area contributed by atoms with Crippen molar-refractivity contribution in [2.24, 2.45) is 23.2 Å². The Morgan fingerprint density at radius 1 is 0.900 bits per heavy atom. The maximum atomic E-state index is 12.5. The molecule has 4 rings (SSSR count). The zero-order valence-electron chi connectivity index (χ0n) is 19.6. The minimum Gasteiger partial charge on any atom is -0.371 e. The number of morpholine rings is 1. The van der Waals surface area contributed by atoms with E-state index in [0.29, 0.717) is 23.7 Å². The molecule has 2 saturated heterocycles. The van der Waals surface area contributed by atoms with E-state index in [-0.39, 0.29) is 23.3 Å². The summed E-state index contributed by atoms with van der Waals surface area (Å²) in [7, 11) is 0. The highest BCUT2D eigenvalue weighted by Crippen LogP contribution is 2.55. The molecule has 5 heteroatoms. The number of likely N-dealkylation sites (tertiary alicyclic amines) is 1. The number of carbonyl (C=O) groups is 2. The van der Waals surface area contributed by atoms with Crippen molar-refractivity contribution in [3.8, 4) is 0 Å². The summed E-state index contributed by atoms with van der Waals surface area (Å²) in [5.74, 6) is 1.33. The number of piperidine rings is 1. The molecule has 170 valence electrons. The predicted molar refractivity (Wildman–Crippen MR) is 118 cm³/mol. The Bertz CT molecular complexity index is 635. The largest absolute Gasteiger partial charge is 0.371 e. The van der Waals surface area contributed by atoms with Crippen LogP contribution in [0.3, 0.4) is 0 Å². The molecule has 4 aliphatic rings. The number of carbonyl (C=O) groups excluding carboxylic acids is 2. The highest BCUT2D eigenvalue weighted by molar-refractivity contribution is 5.82. The first-order chi connectivity index (χ1) is 14.2. The molecule has 0 atom stereocenters. The molecule has 0 bridgehead atoms. The summed E-state index contributed by atoms with van der Waals surface area (Å²) in [6.07, 6.45) is 9.45. The van der Waals surface area contributed by atoms with E-state index in [0.717, 1.165) is 57.9 Å². The van der Waals surface area contributed by atoms with Crippen molar-refractivity contribution in [2.75, 3.05) is 32.8 Å². The van der Waals surface area contributed by atoms with Gasteiger partial charge in [0.1, 0.15) is 5.78 Å². The van der Waals surface area contributed by atoms with Crippen LogP contribution >= 0.6 is 0 Å². The van der Waals surface area contributed by atoms with Gasteiger partial charge >= 0.3 is 0 Å². The highest BCUT2D eigenvalue weighted by Gasteiger charge is 2.50. The van der Waals surface area contributed by atoms with Crippen LogP contribution in [0, 0.1) is 23.2 Å². The lowest BCUT2D eigenvalue weighted by atomic mass is 9.56. The quantitative estimate of drug-likeness (QED) is 0.695. The number of amides is 1.